The van der Waals surface area contributed by atoms with Crippen molar-refractivity contribution < 1.29 is 14.6 Å². The van der Waals surface area contributed by atoms with Crippen LogP contribution in [0.5, 0.6) is 0 Å². The van der Waals surface area contributed by atoms with Crippen molar-refractivity contribution >= 4 is 14.0 Å². The molecule has 1 N–H and O–H groups in total. The number of nitrogens with zero attached hydrogens (tertiary/aromatic N) is 2. The fourth-order valence-electron chi connectivity index (χ4n) is 2.97. The van der Waals surface area contributed by atoms with E-state index in [2.05, 4.69) is 24.7 Å². The van der Waals surface area contributed by atoms with Crippen molar-refractivity contribution in [3.05, 3.63) is 40.1 Å². The van der Waals surface area contributed by atoms with Crippen LogP contribution in [0.4, 0.5) is 0 Å². The molecule has 0 aliphatic rings. The Bertz CT molecular complexity index is 819. The van der Waals surface area contributed by atoms with Crippen LogP contribution in [0.1, 0.15) is 32.6 Å². The van der Waals surface area contributed by atoms with Crippen molar-refractivity contribution in [2.24, 2.45) is 0 Å². The highest BCUT2D eigenvalue weighted by atomic mass is 28.3. The summed E-state index contributed by atoms with van der Waals surface area (Å²) in [7, 11) is -1.13. The van der Waals surface area contributed by atoms with Crippen LogP contribution in [-0.2, 0) is 11.5 Å². The van der Waals surface area contributed by atoms with Crippen molar-refractivity contribution in [1.29, 1.82) is 0 Å². The van der Waals surface area contributed by atoms with E-state index in [0.29, 0.717) is 12.3 Å². The molecular formula is C20H30N2O3Si. The molecule has 2 rings (SSSR count). The predicted octanol–water partition coefficient (Wildman–Crippen LogP) is 4.79. The van der Waals surface area contributed by atoms with Crippen molar-refractivity contribution in [2.75, 3.05) is 6.61 Å². The Morgan fingerprint density at radius 3 is 2.38 bits per heavy atom. The second kappa shape index (κ2) is 7.76. The van der Waals surface area contributed by atoms with Gasteiger partial charge >= 0.3 is 5.97 Å². The first-order valence-electron chi connectivity index (χ1n) is 8.97. The van der Waals surface area contributed by atoms with E-state index in [9.17, 15) is 9.90 Å². The lowest BCUT2D eigenvalue weighted by molar-refractivity contribution is 0.0696. The molecule has 0 aliphatic heterocycles. The first-order valence-corrected chi connectivity index (χ1v) is 12.7. The van der Waals surface area contributed by atoms with Gasteiger partial charge in [0.25, 0.3) is 0 Å². The normalized spacial score (nSPS) is 11.8. The number of aromatic nitrogens is 2. The van der Waals surface area contributed by atoms with Crippen LogP contribution in [-0.4, -0.2) is 35.5 Å². The summed E-state index contributed by atoms with van der Waals surface area (Å²) < 4.78 is 7.70. The quantitative estimate of drug-likeness (QED) is 0.559. The second-order valence-corrected chi connectivity index (χ2v) is 13.8. The summed E-state index contributed by atoms with van der Waals surface area (Å²) in [6, 6.07) is 2.87. The molecule has 0 saturated carbocycles. The molecule has 0 bridgehead atoms. The molecule has 5 nitrogen and oxygen atoms in total. The molecule has 142 valence electrons. The maximum atomic E-state index is 11.6. The van der Waals surface area contributed by atoms with Crippen LogP contribution >= 0.6 is 0 Å². The fourth-order valence-corrected chi connectivity index (χ4v) is 3.73. The average Bonchev–Trinajstić information content (AvgIpc) is 2.89. The van der Waals surface area contributed by atoms with Crippen molar-refractivity contribution in [3.63, 3.8) is 0 Å². The largest absolute Gasteiger partial charge is 0.478 e. The molecule has 1 aromatic carbocycles. The van der Waals surface area contributed by atoms with Gasteiger partial charge in [-0.05, 0) is 62.1 Å². The third kappa shape index (κ3) is 4.43. The molecule has 6 heteroatoms. The van der Waals surface area contributed by atoms with Gasteiger partial charge in [0, 0.05) is 20.2 Å². The van der Waals surface area contributed by atoms with Crippen LogP contribution in [0.2, 0.25) is 25.7 Å². The number of hydrogen-bond acceptors (Lipinski definition) is 3. The number of aromatic carboxylic acids is 1. The number of carboxylic acids is 1. The molecular weight excluding hydrogens is 344 g/mol. The molecule has 1 heterocycles. The van der Waals surface area contributed by atoms with Crippen LogP contribution in [0.3, 0.4) is 0 Å². The van der Waals surface area contributed by atoms with Crippen LogP contribution in [0.25, 0.3) is 11.3 Å². The minimum absolute atomic E-state index is 0.343. The summed E-state index contributed by atoms with van der Waals surface area (Å²) in [4.78, 5) is 11.6. The number of ether oxygens (including phenoxy) is 1. The highest BCUT2D eigenvalue weighted by Gasteiger charge is 2.19. The Hall–Kier alpha value is -1.92. The lowest BCUT2D eigenvalue weighted by Crippen LogP contribution is -2.22. The maximum absolute atomic E-state index is 11.6. The van der Waals surface area contributed by atoms with Crippen LogP contribution in [0, 0.1) is 27.7 Å². The van der Waals surface area contributed by atoms with Gasteiger partial charge in [-0.3, -0.25) is 0 Å². The smallest absolute Gasteiger partial charge is 0.335 e. The standard InChI is InChI=1S/C20H30N2O3Si/c1-13-11-21-22(12-25-8-9-26(5,6)7)19(13)17-10-18(20(23)24)16(4)14(2)15(17)3/h10-11H,8-9,12H2,1-7H3,(H,23,24). The van der Waals surface area contributed by atoms with E-state index < -0.39 is 14.0 Å². The van der Waals surface area contributed by atoms with Gasteiger partial charge in [0.2, 0.25) is 0 Å². The average molecular weight is 375 g/mol. The summed E-state index contributed by atoms with van der Waals surface area (Å²) in [5.74, 6) is -0.901. The maximum Gasteiger partial charge on any atom is 0.335 e. The number of aryl methyl sites for hydroxylation is 1. The van der Waals surface area contributed by atoms with Gasteiger partial charge in [0.05, 0.1) is 17.5 Å². The Balaban J connectivity index is 2.38. The second-order valence-electron chi connectivity index (χ2n) is 8.18. The Labute approximate surface area is 157 Å². The van der Waals surface area contributed by atoms with E-state index in [1.54, 1.807) is 6.07 Å². The Kier molecular flexibility index (Phi) is 6.08. The zero-order valence-electron chi connectivity index (χ0n) is 16.9. The summed E-state index contributed by atoms with van der Waals surface area (Å²) >= 11 is 0. The van der Waals surface area contributed by atoms with E-state index in [4.69, 9.17) is 4.74 Å². The van der Waals surface area contributed by atoms with Gasteiger partial charge in [-0.25, -0.2) is 9.48 Å². The molecule has 0 fully saturated rings. The highest BCUT2D eigenvalue weighted by molar-refractivity contribution is 6.76. The molecule has 0 atom stereocenters. The number of benzene rings is 1. The molecule has 0 amide bonds. The molecule has 2 aromatic rings. The van der Waals surface area contributed by atoms with Gasteiger partial charge in [-0.15, -0.1) is 0 Å². The molecule has 0 spiro atoms. The molecule has 1 aromatic heterocycles. The number of rotatable bonds is 7. The molecule has 0 radical (unpaired) electrons. The third-order valence-corrected chi connectivity index (χ3v) is 6.64. The topological polar surface area (TPSA) is 64.4 Å². The molecule has 26 heavy (non-hydrogen) atoms. The highest BCUT2D eigenvalue weighted by Crippen LogP contribution is 2.32. The zero-order chi connectivity index (χ0) is 19.6. The minimum Gasteiger partial charge on any atom is -0.478 e. The molecule has 0 saturated heterocycles. The number of carboxylic acid groups (broad SMARTS) is 1. The predicted molar refractivity (Wildman–Crippen MR) is 108 cm³/mol. The Morgan fingerprint density at radius 1 is 1.15 bits per heavy atom. The lowest BCUT2D eigenvalue weighted by Gasteiger charge is -2.18. The van der Waals surface area contributed by atoms with Crippen molar-refractivity contribution in [3.8, 4) is 11.3 Å². The minimum atomic E-state index is -1.13. The van der Waals surface area contributed by atoms with Gasteiger partial charge in [-0.1, -0.05) is 19.6 Å². The van der Waals surface area contributed by atoms with E-state index in [1.165, 1.54) is 0 Å². The molecule has 0 unspecified atom stereocenters. The van der Waals surface area contributed by atoms with E-state index in [-0.39, 0.29) is 0 Å². The summed E-state index contributed by atoms with van der Waals surface area (Å²) in [6.45, 7) is 15.9. The number of carbonyl (C=O) groups is 1. The van der Waals surface area contributed by atoms with Crippen molar-refractivity contribution in [1.82, 2.24) is 9.78 Å². The van der Waals surface area contributed by atoms with E-state index in [1.807, 2.05) is 38.6 Å². The first-order chi connectivity index (χ1) is 12.0. The number of hydrogen-bond donors (Lipinski definition) is 1. The van der Waals surface area contributed by atoms with Crippen LogP contribution in [0.15, 0.2) is 12.3 Å². The van der Waals surface area contributed by atoms with E-state index in [0.717, 1.165) is 46.2 Å². The van der Waals surface area contributed by atoms with Gasteiger partial charge in [0.1, 0.15) is 6.73 Å². The van der Waals surface area contributed by atoms with Gasteiger partial charge in [0.15, 0.2) is 0 Å². The van der Waals surface area contributed by atoms with Gasteiger partial charge < -0.3 is 9.84 Å². The SMILES string of the molecule is Cc1cnn(COCC[Si](C)(C)C)c1-c1cc(C(=O)O)c(C)c(C)c1C. The Morgan fingerprint density at radius 2 is 1.81 bits per heavy atom. The van der Waals surface area contributed by atoms with Gasteiger partial charge in [-0.2, -0.15) is 5.10 Å². The molecule has 0 aliphatic carbocycles. The summed E-state index contributed by atoms with van der Waals surface area (Å²) in [5.41, 5.74) is 6.10. The fraction of sp³-hybridized carbons (Fsp3) is 0.500. The lowest BCUT2D eigenvalue weighted by atomic mass is 9.91. The zero-order valence-corrected chi connectivity index (χ0v) is 17.9. The third-order valence-electron chi connectivity index (χ3n) is 4.94. The summed E-state index contributed by atoms with van der Waals surface area (Å²) in [5, 5.41) is 14.0. The van der Waals surface area contributed by atoms with Crippen molar-refractivity contribution in [2.45, 2.75) is 60.1 Å². The first kappa shape index (κ1) is 20.4. The van der Waals surface area contributed by atoms with E-state index >= 15 is 0 Å². The monoisotopic (exact) mass is 374 g/mol. The summed E-state index contributed by atoms with van der Waals surface area (Å²) in [6.07, 6.45) is 1.81. The van der Waals surface area contributed by atoms with Crippen LogP contribution < -0.4 is 0 Å².